The van der Waals surface area contributed by atoms with Crippen LogP contribution in [0, 0.1) is 12.7 Å². The first-order valence-electron chi connectivity index (χ1n) is 5.76. The topological polar surface area (TPSA) is 58.6 Å². The van der Waals surface area contributed by atoms with Crippen molar-refractivity contribution in [2.24, 2.45) is 0 Å². The number of carbonyl (C=O) groups is 1. The highest BCUT2D eigenvalue weighted by molar-refractivity contribution is 5.95. The van der Waals surface area contributed by atoms with Gasteiger partial charge in [-0.05, 0) is 31.0 Å². The van der Waals surface area contributed by atoms with E-state index >= 15 is 0 Å². The summed E-state index contributed by atoms with van der Waals surface area (Å²) in [7, 11) is 1.50. The normalized spacial score (nSPS) is 12.2. The number of rotatable bonds is 6. The summed E-state index contributed by atoms with van der Waals surface area (Å²) < 4.78 is 17.8. The minimum Gasteiger partial charge on any atom is -0.391 e. The van der Waals surface area contributed by atoms with Gasteiger partial charge in [-0.25, -0.2) is 4.39 Å². The molecule has 0 spiro atoms. The van der Waals surface area contributed by atoms with Crippen LogP contribution in [-0.2, 0) is 4.74 Å². The van der Waals surface area contributed by atoms with Gasteiger partial charge in [-0.3, -0.25) is 4.79 Å². The lowest BCUT2D eigenvalue weighted by atomic mass is 10.1. The Morgan fingerprint density at radius 2 is 2.28 bits per heavy atom. The number of nitrogens with one attached hydrogen (secondary N) is 1. The molecular formula is C13H18FNO3. The molecule has 0 heterocycles. The Morgan fingerprint density at radius 3 is 2.94 bits per heavy atom. The third-order valence-electron chi connectivity index (χ3n) is 2.57. The number of hydrogen-bond acceptors (Lipinski definition) is 3. The van der Waals surface area contributed by atoms with Crippen LogP contribution in [0.4, 0.5) is 4.39 Å². The summed E-state index contributed by atoms with van der Waals surface area (Å²) >= 11 is 0. The van der Waals surface area contributed by atoms with Crippen LogP contribution in [0.15, 0.2) is 18.2 Å². The maximum absolute atomic E-state index is 13.0. The molecule has 0 aliphatic carbocycles. The molecule has 4 nitrogen and oxygen atoms in total. The molecular weight excluding hydrogens is 237 g/mol. The molecule has 0 fully saturated rings. The van der Waals surface area contributed by atoms with Crippen molar-refractivity contribution in [3.63, 3.8) is 0 Å². The zero-order chi connectivity index (χ0) is 13.5. The number of benzene rings is 1. The third-order valence-corrected chi connectivity index (χ3v) is 2.57. The molecule has 0 aliphatic heterocycles. The first-order valence-corrected chi connectivity index (χ1v) is 5.76. The van der Waals surface area contributed by atoms with E-state index in [9.17, 15) is 14.3 Å². The van der Waals surface area contributed by atoms with Crippen LogP contribution in [0.3, 0.4) is 0 Å². The summed E-state index contributed by atoms with van der Waals surface area (Å²) in [6.45, 7) is 2.29. The van der Waals surface area contributed by atoms with Gasteiger partial charge in [-0.2, -0.15) is 0 Å². The molecule has 1 rings (SSSR count). The highest BCUT2D eigenvalue weighted by atomic mass is 19.1. The van der Waals surface area contributed by atoms with Gasteiger partial charge in [-0.1, -0.05) is 6.07 Å². The number of aliphatic hydroxyl groups is 1. The lowest BCUT2D eigenvalue weighted by molar-refractivity contribution is 0.0587. The number of aryl methyl sites for hydroxylation is 1. The second kappa shape index (κ2) is 7.08. The maximum atomic E-state index is 13.0. The number of aliphatic hydroxyl groups excluding tert-OH is 1. The molecule has 0 aromatic heterocycles. The standard InChI is InChI=1S/C13H18FNO3/c1-9-3-4-10(14)7-12(9)13(17)15-6-5-11(16)8-18-2/h3-4,7,11,16H,5-6,8H2,1-2H3,(H,15,17). The fourth-order valence-corrected chi connectivity index (χ4v) is 1.56. The number of carbonyl (C=O) groups excluding carboxylic acids is 1. The molecule has 18 heavy (non-hydrogen) atoms. The quantitative estimate of drug-likeness (QED) is 0.804. The summed E-state index contributed by atoms with van der Waals surface area (Å²) in [6, 6.07) is 4.08. The Kier molecular flexibility index (Phi) is 5.74. The van der Waals surface area contributed by atoms with Gasteiger partial charge in [-0.15, -0.1) is 0 Å². The van der Waals surface area contributed by atoms with Gasteiger partial charge in [0.2, 0.25) is 0 Å². The molecule has 5 heteroatoms. The average Bonchev–Trinajstić information content (AvgIpc) is 2.32. The molecule has 100 valence electrons. The molecule has 1 amide bonds. The van der Waals surface area contributed by atoms with Gasteiger partial charge in [0.25, 0.3) is 5.91 Å². The zero-order valence-corrected chi connectivity index (χ0v) is 10.6. The number of hydrogen-bond donors (Lipinski definition) is 2. The van der Waals surface area contributed by atoms with E-state index in [-0.39, 0.29) is 12.5 Å². The Hall–Kier alpha value is -1.46. The van der Waals surface area contributed by atoms with Gasteiger partial charge in [0.05, 0.1) is 12.7 Å². The van der Waals surface area contributed by atoms with Crippen molar-refractivity contribution >= 4 is 5.91 Å². The monoisotopic (exact) mass is 255 g/mol. The van der Waals surface area contributed by atoms with Gasteiger partial charge in [0.1, 0.15) is 5.82 Å². The number of halogens is 1. The first kappa shape index (κ1) is 14.6. The maximum Gasteiger partial charge on any atom is 0.251 e. The largest absolute Gasteiger partial charge is 0.391 e. The summed E-state index contributed by atoms with van der Waals surface area (Å²) in [6.07, 6.45) is -0.211. The summed E-state index contributed by atoms with van der Waals surface area (Å²) in [4.78, 5) is 11.8. The predicted molar refractivity (Wildman–Crippen MR) is 66.0 cm³/mol. The molecule has 1 atom stereocenters. The van der Waals surface area contributed by atoms with Crippen molar-refractivity contribution in [1.29, 1.82) is 0 Å². The highest BCUT2D eigenvalue weighted by Gasteiger charge is 2.10. The molecule has 0 bridgehead atoms. The Bertz CT molecular complexity index is 409. The third kappa shape index (κ3) is 4.43. The van der Waals surface area contributed by atoms with Crippen LogP contribution in [0.2, 0.25) is 0 Å². The van der Waals surface area contributed by atoms with Crippen molar-refractivity contribution < 1.29 is 19.0 Å². The molecule has 0 saturated heterocycles. The van der Waals surface area contributed by atoms with Crippen LogP contribution in [0.5, 0.6) is 0 Å². The SMILES string of the molecule is COCC(O)CCNC(=O)c1cc(F)ccc1C. The summed E-state index contributed by atoms with van der Waals surface area (Å²) in [5.41, 5.74) is 1.03. The lowest BCUT2D eigenvalue weighted by Gasteiger charge is -2.11. The number of methoxy groups -OCH3 is 1. The Labute approximate surface area is 106 Å². The minimum atomic E-state index is -0.607. The average molecular weight is 255 g/mol. The Balaban J connectivity index is 2.48. The summed E-state index contributed by atoms with van der Waals surface area (Å²) in [5, 5.41) is 12.0. The fourth-order valence-electron chi connectivity index (χ4n) is 1.56. The van der Waals surface area contributed by atoms with Gasteiger partial charge < -0.3 is 15.2 Å². The highest BCUT2D eigenvalue weighted by Crippen LogP contribution is 2.09. The van der Waals surface area contributed by atoms with Crippen LogP contribution in [0.25, 0.3) is 0 Å². The molecule has 2 N–H and O–H groups in total. The Morgan fingerprint density at radius 1 is 1.56 bits per heavy atom. The van der Waals surface area contributed by atoms with Crippen molar-refractivity contribution in [1.82, 2.24) is 5.32 Å². The molecule has 1 aromatic rings. The van der Waals surface area contributed by atoms with E-state index in [2.05, 4.69) is 5.32 Å². The van der Waals surface area contributed by atoms with Crippen LogP contribution in [-0.4, -0.2) is 37.4 Å². The van der Waals surface area contributed by atoms with Crippen molar-refractivity contribution in [2.75, 3.05) is 20.3 Å². The number of amides is 1. The smallest absolute Gasteiger partial charge is 0.251 e. The predicted octanol–water partition coefficient (Wildman–Crippen LogP) is 1.26. The van der Waals surface area contributed by atoms with Crippen LogP contribution >= 0.6 is 0 Å². The molecule has 0 saturated carbocycles. The molecule has 0 radical (unpaired) electrons. The molecule has 0 aliphatic rings. The zero-order valence-electron chi connectivity index (χ0n) is 10.6. The van der Waals surface area contributed by atoms with Crippen LogP contribution < -0.4 is 5.32 Å². The van der Waals surface area contributed by atoms with Gasteiger partial charge >= 0.3 is 0 Å². The molecule has 1 unspecified atom stereocenters. The number of ether oxygens (including phenoxy) is 1. The minimum absolute atomic E-state index is 0.231. The van der Waals surface area contributed by atoms with E-state index < -0.39 is 11.9 Å². The van der Waals surface area contributed by atoms with E-state index in [1.165, 1.54) is 19.2 Å². The van der Waals surface area contributed by atoms with Crippen molar-refractivity contribution in [3.8, 4) is 0 Å². The van der Waals surface area contributed by atoms with Crippen LogP contribution in [0.1, 0.15) is 22.3 Å². The lowest BCUT2D eigenvalue weighted by Crippen LogP contribution is -2.29. The second-order valence-electron chi connectivity index (χ2n) is 4.11. The van der Waals surface area contributed by atoms with E-state index in [1.807, 2.05) is 0 Å². The van der Waals surface area contributed by atoms with Gasteiger partial charge in [0, 0.05) is 19.2 Å². The van der Waals surface area contributed by atoms with E-state index in [4.69, 9.17) is 4.74 Å². The first-order chi connectivity index (χ1) is 8.54. The van der Waals surface area contributed by atoms with Gasteiger partial charge in [0.15, 0.2) is 0 Å². The van der Waals surface area contributed by atoms with E-state index in [0.717, 1.165) is 0 Å². The van der Waals surface area contributed by atoms with E-state index in [0.29, 0.717) is 24.1 Å². The van der Waals surface area contributed by atoms with E-state index in [1.54, 1.807) is 13.0 Å². The molecule has 1 aromatic carbocycles. The van der Waals surface area contributed by atoms with Crippen molar-refractivity contribution in [2.45, 2.75) is 19.4 Å². The van der Waals surface area contributed by atoms with Crippen molar-refractivity contribution in [3.05, 3.63) is 35.1 Å². The summed E-state index contributed by atoms with van der Waals surface area (Å²) in [5.74, 6) is -0.776. The second-order valence-corrected chi connectivity index (χ2v) is 4.11. The fraction of sp³-hybridized carbons (Fsp3) is 0.462.